The average Bonchev–Trinajstić information content (AvgIpc) is 3.41. The smallest absolute Gasteiger partial charge is 0.301 e. The zero-order valence-corrected chi connectivity index (χ0v) is 18.1. The Labute approximate surface area is 188 Å². The fraction of sp³-hybridized carbons (Fsp3) is 0.208. The molecule has 0 aliphatic carbocycles. The van der Waals surface area contributed by atoms with E-state index in [0.29, 0.717) is 23.1 Å². The zero-order valence-electron chi connectivity index (χ0n) is 17.3. The third-order valence-electron chi connectivity index (χ3n) is 5.13. The number of ether oxygens (including phenoxy) is 1. The highest BCUT2D eigenvalue weighted by Crippen LogP contribution is 2.43. The number of unbranched alkanes of at least 4 members (excludes halogenated alkanes) is 1. The lowest BCUT2D eigenvalue weighted by Crippen LogP contribution is -2.29. The van der Waals surface area contributed by atoms with Crippen LogP contribution in [0.15, 0.2) is 65.7 Å². The van der Waals surface area contributed by atoms with Crippen LogP contribution in [0.4, 0.5) is 9.52 Å². The number of aliphatic hydroxyl groups is 1. The maximum atomic E-state index is 13.4. The first kappa shape index (κ1) is 21.7. The molecule has 6 nitrogen and oxygen atoms in total. The molecule has 164 valence electrons. The van der Waals surface area contributed by atoms with Crippen molar-refractivity contribution in [1.82, 2.24) is 4.98 Å². The van der Waals surface area contributed by atoms with Crippen LogP contribution in [0, 0.1) is 5.82 Å². The van der Waals surface area contributed by atoms with Crippen molar-refractivity contribution in [3.8, 4) is 5.75 Å². The minimum absolute atomic E-state index is 0.0810. The molecular formula is C24H21FN2O4S. The Hall–Kier alpha value is -3.52. The molecule has 0 radical (unpaired) electrons. The number of hydrogen-bond acceptors (Lipinski definition) is 6. The maximum Gasteiger partial charge on any atom is 0.301 e. The van der Waals surface area contributed by atoms with E-state index in [1.807, 2.05) is 0 Å². The van der Waals surface area contributed by atoms with Crippen molar-refractivity contribution in [2.45, 2.75) is 25.8 Å². The molecule has 1 aliphatic heterocycles. The van der Waals surface area contributed by atoms with Crippen molar-refractivity contribution in [3.05, 3.63) is 82.6 Å². The Morgan fingerprint density at radius 3 is 2.69 bits per heavy atom. The zero-order chi connectivity index (χ0) is 22.7. The number of halogens is 1. The highest BCUT2D eigenvalue weighted by Gasteiger charge is 2.48. The van der Waals surface area contributed by atoms with Gasteiger partial charge in [0.05, 0.1) is 18.2 Å². The second-order valence-electron chi connectivity index (χ2n) is 7.27. The molecule has 1 amide bonds. The monoisotopic (exact) mass is 452 g/mol. The van der Waals surface area contributed by atoms with Gasteiger partial charge in [-0.2, -0.15) is 0 Å². The molecule has 32 heavy (non-hydrogen) atoms. The Morgan fingerprint density at radius 1 is 1.22 bits per heavy atom. The molecule has 0 spiro atoms. The maximum absolute atomic E-state index is 13.4. The molecule has 1 fully saturated rings. The summed E-state index contributed by atoms with van der Waals surface area (Å²) in [6, 6.07) is 11.3. The highest BCUT2D eigenvalue weighted by molar-refractivity contribution is 7.14. The predicted octanol–water partition coefficient (Wildman–Crippen LogP) is 5.09. The van der Waals surface area contributed by atoms with Crippen LogP contribution in [0.25, 0.3) is 5.76 Å². The summed E-state index contributed by atoms with van der Waals surface area (Å²) in [6.45, 7) is 2.61. The third kappa shape index (κ3) is 4.13. The van der Waals surface area contributed by atoms with E-state index >= 15 is 0 Å². The number of Topliss-reactive ketones (excluding diaryl/α,β-unsaturated/α-hetero) is 1. The largest absolute Gasteiger partial charge is 0.507 e. The molecule has 3 aromatic rings. The second-order valence-corrected chi connectivity index (χ2v) is 8.14. The molecule has 0 bridgehead atoms. The van der Waals surface area contributed by atoms with Gasteiger partial charge < -0.3 is 9.84 Å². The number of ketones is 1. The summed E-state index contributed by atoms with van der Waals surface area (Å²) < 4.78 is 19.2. The molecule has 2 aromatic carbocycles. The Kier molecular flexibility index (Phi) is 6.32. The van der Waals surface area contributed by atoms with E-state index in [2.05, 4.69) is 11.9 Å². The number of anilines is 1. The van der Waals surface area contributed by atoms with E-state index in [-0.39, 0.29) is 16.9 Å². The van der Waals surface area contributed by atoms with Crippen molar-refractivity contribution in [2.75, 3.05) is 11.5 Å². The first-order valence-corrected chi connectivity index (χ1v) is 11.1. The van der Waals surface area contributed by atoms with Crippen LogP contribution in [0.3, 0.4) is 0 Å². The standard InChI is InChI=1S/C24H21FN2O4S/c1-2-3-12-31-18-6-4-5-16(14-18)20-19(21(28)15-7-9-17(25)10-8-15)22(29)23(30)27(20)24-26-11-13-32-24/h4-11,13-14,20,28H,2-3,12H2,1H3/b21-19+. The summed E-state index contributed by atoms with van der Waals surface area (Å²) >= 11 is 1.21. The summed E-state index contributed by atoms with van der Waals surface area (Å²) in [5.41, 5.74) is 0.753. The lowest BCUT2D eigenvalue weighted by atomic mass is 9.95. The first-order valence-electron chi connectivity index (χ1n) is 10.2. The van der Waals surface area contributed by atoms with Crippen LogP contribution >= 0.6 is 11.3 Å². The first-order chi connectivity index (χ1) is 15.5. The number of nitrogens with zero attached hydrogens (tertiary/aromatic N) is 2. The van der Waals surface area contributed by atoms with E-state index in [1.54, 1.807) is 35.8 Å². The molecular weight excluding hydrogens is 431 g/mol. The molecule has 8 heteroatoms. The summed E-state index contributed by atoms with van der Waals surface area (Å²) in [6.07, 6.45) is 3.43. The van der Waals surface area contributed by atoms with E-state index < -0.39 is 23.5 Å². The number of rotatable bonds is 7. The molecule has 1 aromatic heterocycles. The van der Waals surface area contributed by atoms with Gasteiger partial charge in [0.25, 0.3) is 5.78 Å². The topological polar surface area (TPSA) is 79.7 Å². The quantitative estimate of drug-likeness (QED) is 0.234. The third-order valence-corrected chi connectivity index (χ3v) is 5.90. The van der Waals surface area contributed by atoms with Gasteiger partial charge in [0, 0.05) is 17.1 Å². The fourth-order valence-electron chi connectivity index (χ4n) is 3.55. The number of carbonyl (C=O) groups excluding carboxylic acids is 2. The highest BCUT2D eigenvalue weighted by atomic mass is 32.1. The van der Waals surface area contributed by atoms with Gasteiger partial charge >= 0.3 is 5.91 Å². The van der Waals surface area contributed by atoms with Crippen LogP contribution in [0.5, 0.6) is 5.75 Å². The summed E-state index contributed by atoms with van der Waals surface area (Å²) in [5, 5.41) is 13.0. The van der Waals surface area contributed by atoms with Crippen molar-refractivity contribution in [2.24, 2.45) is 0 Å². The lowest BCUT2D eigenvalue weighted by Gasteiger charge is -2.23. The van der Waals surface area contributed by atoms with E-state index in [4.69, 9.17) is 4.74 Å². The van der Waals surface area contributed by atoms with Gasteiger partial charge in [0.15, 0.2) is 5.13 Å². The van der Waals surface area contributed by atoms with Crippen molar-refractivity contribution in [3.63, 3.8) is 0 Å². The number of aromatic nitrogens is 1. The number of thiazole rings is 1. The number of hydrogen-bond donors (Lipinski definition) is 1. The van der Waals surface area contributed by atoms with Crippen molar-refractivity contribution < 1.29 is 23.8 Å². The van der Waals surface area contributed by atoms with Crippen LogP contribution in [-0.4, -0.2) is 28.4 Å². The average molecular weight is 453 g/mol. The SMILES string of the molecule is CCCCOc1cccc(C2/C(=C(\O)c3ccc(F)cc3)C(=O)C(=O)N2c2nccs2)c1. The molecule has 1 saturated heterocycles. The molecule has 0 saturated carbocycles. The molecule has 2 heterocycles. The Bertz CT molecular complexity index is 1160. The van der Waals surface area contributed by atoms with Crippen molar-refractivity contribution in [1.29, 1.82) is 0 Å². The predicted molar refractivity (Wildman–Crippen MR) is 120 cm³/mol. The molecule has 4 rings (SSSR count). The Balaban J connectivity index is 1.84. The van der Waals surface area contributed by atoms with Gasteiger partial charge in [-0.1, -0.05) is 25.5 Å². The van der Waals surface area contributed by atoms with Crippen LogP contribution < -0.4 is 9.64 Å². The fourth-order valence-corrected chi connectivity index (χ4v) is 4.22. The molecule has 1 aliphatic rings. The second kappa shape index (κ2) is 9.32. The number of benzene rings is 2. The number of amides is 1. The van der Waals surface area contributed by atoms with Gasteiger partial charge in [-0.05, 0) is 48.4 Å². The van der Waals surface area contributed by atoms with Crippen LogP contribution in [0.1, 0.15) is 36.9 Å². The van der Waals surface area contributed by atoms with Gasteiger partial charge in [0.2, 0.25) is 0 Å². The summed E-state index contributed by atoms with van der Waals surface area (Å²) in [5.74, 6) is -1.86. The molecule has 1 N–H and O–H groups in total. The van der Waals surface area contributed by atoms with Gasteiger partial charge in [0.1, 0.15) is 17.3 Å². The summed E-state index contributed by atoms with van der Waals surface area (Å²) in [7, 11) is 0. The lowest BCUT2D eigenvalue weighted by molar-refractivity contribution is -0.132. The minimum atomic E-state index is -0.902. The molecule has 1 unspecified atom stereocenters. The van der Waals surface area contributed by atoms with E-state index in [1.165, 1.54) is 40.5 Å². The van der Waals surface area contributed by atoms with Gasteiger partial charge in [-0.15, -0.1) is 11.3 Å². The normalized spacial score (nSPS) is 17.7. The van der Waals surface area contributed by atoms with Gasteiger partial charge in [-0.25, -0.2) is 9.37 Å². The number of aliphatic hydroxyl groups excluding tert-OH is 1. The van der Waals surface area contributed by atoms with Crippen LogP contribution in [-0.2, 0) is 9.59 Å². The number of carbonyl (C=O) groups is 2. The van der Waals surface area contributed by atoms with Crippen molar-refractivity contribution >= 4 is 33.9 Å². The van der Waals surface area contributed by atoms with E-state index in [0.717, 1.165) is 12.8 Å². The van der Waals surface area contributed by atoms with Crippen LogP contribution in [0.2, 0.25) is 0 Å². The minimum Gasteiger partial charge on any atom is -0.507 e. The van der Waals surface area contributed by atoms with Gasteiger partial charge in [-0.3, -0.25) is 14.5 Å². The Morgan fingerprint density at radius 2 is 2.00 bits per heavy atom. The summed E-state index contributed by atoms with van der Waals surface area (Å²) in [4.78, 5) is 31.5. The van der Waals surface area contributed by atoms with E-state index in [9.17, 15) is 19.1 Å². The molecule has 1 atom stereocenters.